The van der Waals surface area contributed by atoms with Gasteiger partial charge in [0.2, 0.25) is 0 Å². The Morgan fingerprint density at radius 2 is 1.68 bits per heavy atom. The van der Waals surface area contributed by atoms with Gasteiger partial charge in [-0.05, 0) is 41.7 Å². The van der Waals surface area contributed by atoms with Crippen molar-refractivity contribution in [2.75, 3.05) is 19.5 Å². The van der Waals surface area contributed by atoms with E-state index in [0.717, 1.165) is 40.2 Å². The SMILES string of the molecule is COc1ccc(-n2c(SCCCO)nnc2-c2ccc(C(C)(C)C)cc2)cc1. The van der Waals surface area contributed by atoms with Crippen LogP contribution >= 0.6 is 11.8 Å². The quantitative estimate of drug-likeness (QED) is 0.462. The zero-order chi connectivity index (χ0) is 20.1. The molecule has 5 nitrogen and oxygen atoms in total. The average molecular weight is 398 g/mol. The third-order valence-electron chi connectivity index (χ3n) is 4.51. The van der Waals surface area contributed by atoms with Gasteiger partial charge in [-0.3, -0.25) is 4.57 Å². The Bertz CT molecular complexity index is 897. The Kier molecular flexibility index (Phi) is 6.42. The molecule has 0 aliphatic heterocycles. The minimum Gasteiger partial charge on any atom is -0.497 e. The van der Waals surface area contributed by atoms with E-state index in [1.165, 1.54) is 5.56 Å². The molecule has 0 atom stereocenters. The number of nitrogens with zero attached hydrogens (tertiary/aromatic N) is 3. The fourth-order valence-corrected chi connectivity index (χ4v) is 3.74. The maximum absolute atomic E-state index is 9.09. The van der Waals surface area contributed by atoms with Crippen molar-refractivity contribution in [1.29, 1.82) is 0 Å². The second-order valence-corrected chi connectivity index (χ2v) is 8.65. The highest BCUT2D eigenvalue weighted by Gasteiger charge is 2.18. The lowest BCUT2D eigenvalue weighted by Crippen LogP contribution is -2.10. The molecular weight excluding hydrogens is 370 g/mol. The third kappa shape index (κ3) is 4.56. The molecule has 2 aromatic carbocycles. The summed E-state index contributed by atoms with van der Waals surface area (Å²) in [6.45, 7) is 6.79. The molecule has 148 valence electrons. The van der Waals surface area contributed by atoms with E-state index in [1.807, 2.05) is 24.3 Å². The monoisotopic (exact) mass is 397 g/mol. The van der Waals surface area contributed by atoms with E-state index in [-0.39, 0.29) is 12.0 Å². The van der Waals surface area contributed by atoms with E-state index >= 15 is 0 Å². The van der Waals surface area contributed by atoms with Gasteiger partial charge in [0.15, 0.2) is 11.0 Å². The third-order valence-corrected chi connectivity index (χ3v) is 5.52. The summed E-state index contributed by atoms with van der Waals surface area (Å²) in [5, 5.41) is 18.8. The predicted octanol–water partition coefficient (Wildman–Crippen LogP) is 4.71. The van der Waals surface area contributed by atoms with Crippen molar-refractivity contribution in [3.05, 3.63) is 54.1 Å². The Labute approximate surface area is 170 Å². The molecule has 3 aromatic rings. The van der Waals surface area contributed by atoms with E-state index in [2.05, 4.69) is 59.8 Å². The number of hydrogen-bond donors (Lipinski definition) is 1. The number of aliphatic hydroxyl groups excluding tert-OH is 1. The summed E-state index contributed by atoms with van der Waals surface area (Å²) in [7, 11) is 1.66. The number of benzene rings is 2. The minimum absolute atomic E-state index is 0.105. The van der Waals surface area contributed by atoms with Crippen molar-refractivity contribution >= 4 is 11.8 Å². The fourth-order valence-electron chi connectivity index (χ4n) is 2.86. The molecule has 0 unspecified atom stereocenters. The molecule has 0 aliphatic carbocycles. The number of hydrogen-bond acceptors (Lipinski definition) is 5. The number of thioether (sulfide) groups is 1. The van der Waals surface area contributed by atoms with Gasteiger partial charge in [0, 0.05) is 23.6 Å². The molecule has 0 amide bonds. The predicted molar refractivity (Wildman–Crippen MR) is 114 cm³/mol. The lowest BCUT2D eigenvalue weighted by Gasteiger charge is -2.19. The first-order valence-corrected chi connectivity index (χ1v) is 10.4. The van der Waals surface area contributed by atoms with Gasteiger partial charge in [-0.1, -0.05) is 56.8 Å². The summed E-state index contributed by atoms with van der Waals surface area (Å²) in [5.41, 5.74) is 3.38. The zero-order valence-electron chi connectivity index (χ0n) is 16.8. The van der Waals surface area contributed by atoms with Crippen molar-refractivity contribution in [3.63, 3.8) is 0 Å². The standard InChI is InChI=1S/C22H27N3O2S/c1-22(2,3)17-8-6-16(7-9-17)20-23-24-21(28-15-5-14-26)25(20)18-10-12-19(27-4)13-11-18/h6-13,26H,5,14-15H2,1-4H3. The topological polar surface area (TPSA) is 60.2 Å². The maximum atomic E-state index is 9.09. The van der Waals surface area contributed by atoms with Crippen LogP contribution in [0.25, 0.3) is 17.1 Å². The first-order valence-electron chi connectivity index (χ1n) is 9.38. The van der Waals surface area contributed by atoms with Crippen LogP contribution in [-0.4, -0.2) is 39.3 Å². The summed E-state index contributed by atoms with van der Waals surface area (Å²) in [6.07, 6.45) is 0.718. The lowest BCUT2D eigenvalue weighted by molar-refractivity contribution is 0.296. The van der Waals surface area contributed by atoms with Crippen LogP contribution in [-0.2, 0) is 5.41 Å². The average Bonchev–Trinajstić information content (AvgIpc) is 3.11. The van der Waals surface area contributed by atoms with E-state index in [0.29, 0.717) is 0 Å². The van der Waals surface area contributed by atoms with Gasteiger partial charge in [0.1, 0.15) is 5.75 Å². The number of aliphatic hydroxyl groups is 1. The molecule has 0 spiro atoms. The van der Waals surface area contributed by atoms with Crippen LogP contribution in [0.5, 0.6) is 5.75 Å². The number of ether oxygens (including phenoxy) is 1. The Hall–Kier alpha value is -2.31. The molecular formula is C22H27N3O2S. The molecule has 0 radical (unpaired) electrons. The van der Waals surface area contributed by atoms with Crippen LogP contribution in [0.2, 0.25) is 0 Å². The molecule has 0 saturated carbocycles. The van der Waals surface area contributed by atoms with Crippen LogP contribution in [0.4, 0.5) is 0 Å². The van der Waals surface area contributed by atoms with Crippen molar-refractivity contribution < 1.29 is 9.84 Å². The van der Waals surface area contributed by atoms with Gasteiger partial charge >= 0.3 is 0 Å². The molecule has 28 heavy (non-hydrogen) atoms. The molecule has 0 aliphatic rings. The fraction of sp³-hybridized carbons (Fsp3) is 0.364. The van der Waals surface area contributed by atoms with Crippen LogP contribution in [0, 0.1) is 0 Å². The second-order valence-electron chi connectivity index (χ2n) is 7.59. The normalized spacial score (nSPS) is 11.6. The van der Waals surface area contributed by atoms with E-state index < -0.39 is 0 Å². The Balaban J connectivity index is 2.02. The first-order chi connectivity index (χ1) is 13.4. The largest absolute Gasteiger partial charge is 0.497 e. The maximum Gasteiger partial charge on any atom is 0.196 e. The summed E-state index contributed by atoms with van der Waals surface area (Å²) < 4.78 is 7.35. The molecule has 1 aromatic heterocycles. The lowest BCUT2D eigenvalue weighted by atomic mass is 9.87. The molecule has 0 saturated heterocycles. The first kappa shape index (κ1) is 20.4. The molecule has 0 bridgehead atoms. The van der Waals surface area contributed by atoms with Crippen LogP contribution in [0.1, 0.15) is 32.8 Å². The van der Waals surface area contributed by atoms with Crippen molar-refractivity contribution in [2.24, 2.45) is 0 Å². The van der Waals surface area contributed by atoms with E-state index in [4.69, 9.17) is 9.84 Å². The highest BCUT2D eigenvalue weighted by Crippen LogP contribution is 2.30. The van der Waals surface area contributed by atoms with Gasteiger partial charge in [0.05, 0.1) is 7.11 Å². The van der Waals surface area contributed by atoms with E-state index in [9.17, 15) is 0 Å². The van der Waals surface area contributed by atoms with Crippen molar-refractivity contribution in [2.45, 2.75) is 37.8 Å². The van der Waals surface area contributed by atoms with Gasteiger partial charge in [-0.15, -0.1) is 10.2 Å². The summed E-state index contributed by atoms with van der Waals surface area (Å²) in [5.74, 6) is 2.40. The summed E-state index contributed by atoms with van der Waals surface area (Å²) >= 11 is 1.60. The highest BCUT2D eigenvalue weighted by molar-refractivity contribution is 7.99. The molecule has 0 fully saturated rings. The molecule has 1 N–H and O–H groups in total. The molecule has 1 heterocycles. The van der Waals surface area contributed by atoms with Gasteiger partial charge in [-0.2, -0.15) is 0 Å². The Morgan fingerprint density at radius 1 is 1.00 bits per heavy atom. The van der Waals surface area contributed by atoms with Gasteiger partial charge < -0.3 is 9.84 Å². The van der Waals surface area contributed by atoms with Crippen LogP contribution < -0.4 is 4.74 Å². The summed E-state index contributed by atoms with van der Waals surface area (Å²) in [6, 6.07) is 16.4. The van der Waals surface area contributed by atoms with E-state index in [1.54, 1.807) is 18.9 Å². The minimum atomic E-state index is 0.105. The van der Waals surface area contributed by atoms with Gasteiger partial charge in [-0.25, -0.2) is 0 Å². The van der Waals surface area contributed by atoms with Crippen LogP contribution in [0.15, 0.2) is 53.7 Å². The van der Waals surface area contributed by atoms with Crippen molar-refractivity contribution in [3.8, 4) is 22.8 Å². The number of rotatable bonds is 7. The zero-order valence-corrected chi connectivity index (χ0v) is 17.7. The molecule has 6 heteroatoms. The second kappa shape index (κ2) is 8.80. The highest BCUT2D eigenvalue weighted by atomic mass is 32.2. The van der Waals surface area contributed by atoms with Gasteiger partial charge in [0.25, 0.3) is 0 Å². The number of methoxy groups -OCH3 is 1. The number of aromatic nitrogens is 3. The van der Waals surface area contributed by atoms with Crippen LogP contribution in [0.3, 0.4) is 0 Å². The smallest absolute Gasteiger partial charge is 0.196 e. The Morgan fingerprint density at radius 3 is 2.25 bits per heavy atom. The van der Waals surface area contributed by atoms with Crippen molar-refractivity contribution in [1.82, 2.24) is 14.8 Å². The summed E-state index contributed by atoms with van der Waals surface area (Å²) in [4.78, 5) is 0. The molecule has 3 rings (SSSR count).